The molecule has 2 rings (SSSR count). The minimum atomic E-state index is 0.523. The van der Waals surface area contributed by atoms with Gasteiger partial charge in [0.1, 0.15) is 0 Å². The molecule has 0 spiro atoms. The summed E-state index contributed by atoms with van der Waals surface area (Å²) in [5.74, 6) is 3.93. The summed E-state index contributed by atoms with van der Waals surface area (Å²) in [6.07, 6.45) is 8.18. The van der Waals surface area contributed by atoms with E-state index in [4.69, 9.17) is 0 Å². The number of unbranched alkanes of at least 4 members (excludes halogenated alkanes) is 3. The van der Waals surface area contributed by atoms with E-state index >= 15 is 0 Å². The zero-order valence-corrected chi connectivity index (χ0v) is 16.8. The van der Waals surface area contributed by atoms with Crippen molar-refractivity contribution in [2.75, 3.05) is 11.5 Å². The van der Waals surface area contributed by atoms with Gasteiger partial charge in [0.25, 0.3) is 0 Å². The molecule has 0 aromatic heterocycles. The molecule has 1 atom stereocenters. The van der Waals surface area contributed by atoms with Gasteiger partial charge >= 0.3 is 0 Å². The Morgan fingerprint density at radius 3 is 1.92 bits per heavy atom. The van der Waals surface area contributed by atoms with E-state index < -0.39 is 0 Å². The van der Waals surface area contributed by atoms with Crippen LogP contribution in [0.1, 0.15) is 69.4 Å². The highest BCUT2D eigenvalue weighted by Crippen LogP contribution is 2.29. The van der Waals surface area contributed by atoms with E-state index in [0.717, 1.165) is 5.92 Å². The van der Waals surface area contributed by atoms with E-state index in [0.29, 0.717) is 5.92 Å². The van der Waals surface area contributed by atoms with Crippen molar-refractivity contribution in [1.82, 2.24) is 0 Å². The van der Waals surface area contributed by atoms with Crippen molar-refractivity contribution in [2.45, 2.75) is 58.3 Å². The maximum Gasteiger partial charge on any atom is 0.00971 e. The van der Waals surface area contributed by atoms with Crippen LogP contribution in [-0.2, 0) is 0 Å². The first-order chi connectivity index (χ1) is 12.3. The maximum absolute atomic E-state index is 2.42. The third-order valence-corrected chi connectivity index (χ3v) is 6.24. The van der Waals surface area contributed by atoms with Gasteiger partial charge in [0.05, 0.1) is 0 Å². The van der Waals surface area contributed by atoms with E-state index in [2.05, 4.69) is 86.3 Å². The molecule has 0 aliphatic rings. The van der Waals surface area contributed by atoms with Crippen LogP contribution in [0, 0.1) is 5.92 Å². The quantitative estimate of drug-likeness (QED) is 0.355. The molecular formula is C24H34S. The molecule has 0 amide bonds. The second-order valence-corrected chi connectivity index (χ2v) is 8.34. The number of hydrogen-bond acceptors (Lipinski definition) is 1. The summed E-state index contributed by atoms with van der Waals surface area (Å²) in [6.45, 7) is 4.71. The zero-order chi connectivity index (χ0) is 17.7. The van der Waals surface area contributed by atoms with Gasteiger partial charge in [-0.1, -0.05) is 100 Å². The fourth-order valence-corrected chi connectivity index (χ4v) is 4.52. The molecule has 25 heavy (non-hydrogen) atoms. The monoisotopic (exact) mass is 354 g/mol. The molecule has 0 saturated heterocycles. The smallest absolute Gasteiger partial charge is 0.00971 e. The van der Waals surface area contributed by atoms with Gasteiger partial charge in [-0.2, -0.15) is 11.8 Å². The molecule has 0 aliphatic carbocycles. The predicted molar refractivity (Wildman–Crippen MR) is 115 cm³/mol. The van der Waals surface area contributed by atoms with E-state index in [1.54, 1.807) is 0 Å². The van der Waals surface area contributed by atoms with Crippen LogP contribution in [-0.4, -0.2) is 11.5 Å². The topological polar surface area (TPSA) is 0 Å². The van der Waals surface area contributed by atoms with E-state index in [-0.39, 0.29) is 0 Å². The first kappa shape index (κ1) is 20.1. The van der Waals surface area contributed by atoms with Crippen LogP contribution in [0.4, 0.5) is 0 Å². The molecule has 1 unspecified atom stereocenters. The Hall–Kier alpha value is -1.21. The lowest BCUT2D eigenvalue weighted by Gasteiger charge is -2.18. The first-order valence-electron chi connectivity index (χ1n) is 9.99. The highest BCUT2D eigenvalue weighted by molar-refractivity contribution is 7.99. The number of rotatable bonds is 12. The van der Waals surface area contributed by atoms with Gasteiger partial charge in [0.15, 0.2) is 0 Å². The normalized spacial score (nSPS) is 12.4. The van der Waals surface area contributed by atoms with Crippen molar-refractivity contribution in [3.63, 3.8) is 0 Å². The van der Waals surface area contributed by atoms with Gasteiger partial charge in [-0.3, -0.25) is 0 Å². The largest absolute Gasteiger partial charge is 0.162 e. The third-order valence-electron chi connectivity index (χ3n) is 4.91. The number of thioether (sulfide) groups is 1. The first-order valence-corrected chi connectivity index (χ1v) is 11.1. The fourth-order valence-electron chi connectivity index (χ4n) is 3.39. The molecular weight excluding hydrogens is 320 g/mol. The third kappa shape index (κ3) is 7.69. The van der Waals surface area contributed by atoms with Gasteiger partial charge in [-0.15, -0.1) is 0 Å². The standard InChI is InChI=1S/C24H34S/c1-3-4-5-8-13-21(2)20-25-19-18-24(22-14-9-6-10-15-22)23-16-11-7-12-17-23/h6-7,9-12,14-17,21,24H,3-5,8,13,18-20H2,1-2H3. The average molecular weight is 355 g/mol. The molecule has 0 fully saturated rings. The second kappa shape index (κ2) is 12.2. The lowest BCUT2D eigenvalue weighted by molar-refractivity contribution is 0.531. The van der Waals surface area contributed by atoms with Crippen molar-refractivity contribution >= 4 is 11.8 Å². The Balaban J connectivity index is 1.79. The molecule has 2 aromatic rings. The Kier molecular flexibility index (Phi) is 9.81. The zero-order valence-electron chi connectivity index (χ0n) is 16.0. The molecule has 0 bridgehead atoms. The molecule has 2 aromatic carbocycles. The summed E-state index contributed by atoms with van der Waals surface area (Å²) in [4.78, 5) is 0. The van der Waals surface area contributed by atoms with Crippen LogP contribution in [0.5, 0.6) is 0 Å². The van der Waals surface area contributed by atoms with Gasteiger partial charge in [0, 0.05) is 5.92 Å². The minimum Gasteiger partial charge on any atom is -0.162 e. The van der Waals surface area contributed by atoms with Crippen LogP contribution in [0.15, 0.2) is 60.7 Å². The predicted octanol–water partition coefficient (Wildman–Crippen LogP) is 7.55. The van der Waals surface area contributed by atoms with E-state index in [1.165, 1.54) is 61.2 Å². The SMILES string of the molecule is CCCCCCC(C)CSCCC(c1ccccc1)c1ccccc1. The second-order valence-electron chi connectivity index (χ2n) is 7.19. The van der Waals surface area contributed by atoms with E-state index in [9.17, 15) is 0 Å². The summed E-state index contributed by atoms with van der Waals surface area (Å²) in [6, 6.07) is 22.0. The lowest BCUT2D eigenvalue weighted by atomic mass is 9.89. The summed E-state index contributed by atoms with van der Waals surface area (Å²) < 4.78 is 0. The summed E-state index contributed by atoms with van der Waals surface area (Å²) in [5.41, 5.74) is 2.89. The average Bonchev–Trinajstić information content (AvgIpc) is 2.67. The van der Waals surface area contributed by atoms with Gasteiger partial charge in [-0.05, 0) is 41.4 Å². The van der Waals surface area contributed by atoms with Crippen LogP contribution >= 0.6 is 11.8 Å². The highest BCUT2D eigenvalue weighted by Gasteiger charge is 2.13. The molecule has 136 valence electrons. The molecule has 0 aliphatic heterocycles. The summed E-state index contributed by atoms with van der Waals surface area (Å²) >= 11 is 2.14. The molecule has 0 N–H and O–H groups in total. The fraction of sp³-hybridized carbons (Fsp3) is 0.500. The summed E-state index contributed by atoms with van der Waals surface area (Å²) in [7, 11) is 0. The van der Waals surface area contributed by atoms with Gasteiger partial charge < -0.3 is 0 Å². The molecule has 0 heterocycles. The number of hydrogen-bond donors (Lipinski definition) is 0. The minimum absolute atomic E-state index is 0.523. The van der Waals surface area contributed by atoms with E-state index in [1.807, 2.05) is 0 Å². The van der Waals surface area contributed by atoms with Crippen LogP contribution in [0.25, 0.3) is 0 Å². The Labute approximate surface area is 159 Å². The Morgan fingerprint density at radius 2 is 1.36 bits per heavy atom. The Bertz CT molecular complexity index is 509. The maximum atomic E-state index is 2.42. The van der Waals surface area contributed by atoms with Crippen molar-refractivity contribution in [1.29, 1.82) is 0 Å². The number of benzene rings is 2. The molecule has 1 heteroatoms. The highest BCUT2D eigenvalue weighted by atomic mass is 32.2. The van der Waals surface area contributed by atoms with Crippen molar-refractivity contribution in [2.24, 2.45) is 5.92 Å². The van der Waals surface area contributed by atoms with Crippen molar-refractivity contribution in [3.05, 3.63) is 71.8 Å². The summed E-state index contributed by atoms with van der Waals surface area (Å²) in [5, 5.41) is 0. The van der Waals surface area contributed by atoms with Crippen molar-refractivity contribution < 1.29 is 0 Å². The van der Waals surface area contributed by atoms with Gasteiger partial charge in [-0.25, -0.2) is 0 Å². The molecule has 0 radical (unpaired) electrons. The van der Waals surface area contributed by atoms with Crippen LogP contribution in [0.2, 0.25) is 0 Å². The lowest BCUT2D eigenvalue weighted by Crippen LogP contribution is -2.04. The molecule has 0 nitrogen and oxygen atoms in total. The Morgan fingerprint density at radius 1 is 0.760 bits per heavy atom. The van der Waals surface area contributed by atoms with Crippen LogP contribution in [0.3, 0.4) is 0 Å². The van der Waals surface area contributed by atoms with Crippen LogP contribution < -0.4 is 0 Å². The van der Waals surface area contributed by atoms with Gasteiger partial charge in [0.2, 0.25) is 0 Å². The molecule has 0 saturated carbocycles. The van der Waals surface area contributed by atoms with Crippen molar-refractivity contribution in [3.8, 4) is 0 Å².